The Balaban J connectivity index is 2.49. The van der Waals surface area contributed by atoms with Crippen molar-refractivity contribution in [3.63, 3.8) is 0 Å². The van der Waals surface area contributed by atoms with Gasteiger partial charge >= 0.3 is 6.23 Å². The van der Waals surface area contributed by atoms with Gasteiger partial charge in [0.05, 0.1) is 9.40 Å². The molecule has 0 amide bonds. The number of nitro groups is 1. The van der Waals surface area contributed by atoms with Gasteiger partial charge in [-0.15, -0.1) is 0 Å². The maximum atomic E-state index is 10.6. The molecule has 1 N–H and O–H groups in total. The third-order valence-electron chi connectivity index (χ3n) is 2.07. The molecule has 0 fully saturated rings. The Morgan fingerprint density at radius 3 is 2.73 bits per heavy atom. The molecule has 5 nitrogen and oxygen atoms in total. The maximum Gasteiger partial charge on any atom is 0.384 e. The van der Waals surface area contributed by atoms with Gasteiger partial charge in [-0.05, 0) is 28.1 Å². The number of hydrogen-bond donors (Lipinski definition) is 1. The van der Waals surface area contributed by atoms with E-state index in [1.165, 1.54) is 0 Å². The average molecular weight is 339 g/mol. The van der Waals surface area contributed by atoms with Gasteiger partial charge in [-0.3, -0.25) is 10.1 Å². The summed E-state index contributed by atoms with van der Waals surface area (Å²) in [6.07, 6.45) is -2.66. The minimum absolute atomic E-state index is 0.326. The molecule has 0 radical (unpaired) electrons. The van der Waals surface area contributed by atoms with Crippen LogP contribution in [0.4, 0.5) is 0 Å². The Hall–Kier alpha value is -0.660. The lowest BCUT2D eigenvalue weighted by atomic mass is 10.1. The molecule has 15 heavy (non-hydrogen) atoms. The van der Waals surface area contributed by atoms with E-state index in [9.17, 15) is 15.2 Å². The van der Waals surface area contributed by atoms with Gasteiger partial charge in [0.25, 0.3) is 0 Å². The molecular weight excluding hydrogens is 334 g/mol. The quantitative estimate of drug-likeness (QED) is 0.629. The summed E-state index contributed by atoms with van der Waals surface area (Å²) in [5.41, 5.74) is 0.415. The van der Waals surface area contributed by atoms with Gasteiger partial charge < -0.3 is 9.84 Å². The van der Waals surface area contributed by atoms with E-state index in [1.807, 2.05) is 0 Å². The SMILES string of the molecule is O=[N+]([O-])[C@@H]1Oc2c(Br)cc(Br)cc2[C@H]1O. The van der Waals surface area contributed by atoms with E-state index in [1.54, 1.807) is 12.1 Å². The van der Waals surface area contributed by atoms with Gasteiger partial charge in [0.2, 0.25) is 0 Å². The molecule has 2 atom stereocenters. The summed E-state index contributed by atoms with van der Waals surface area (Å²) in [6, 6.07) is 3.31. The molecule has 0 unspecified atom stereocenters. The first-order chi connectivity index (χ1) is 7.00. The van der Waals surface area contributed by atoms with Gasteiger partial charge in [-0.25, -0.2) is 0 Å². The third kappa shape index (κ3) is 1.75. The summed E-state index contributed by atoms with van der Waals surface area (Å²) < 4.78 is 6.35. The van der Waals surface area contributed by atoms with E-state index >= 15 is 0 Å². The summed E-state index contributed by atoms with van der Waals surface area (Å²) in [6.45, 7) is 0. The van der Waals surface area contributed by atoms with Crippen molar-refractivity contribution >= 4 is 31.9 Å². The largest absolute Gasteiger partial charge is 0.426 e. The summed E-state index contributed by atoms with van der Waals surface area (Å²) in [4.78, 5) is 9.92. The normalized spacial score (nSPS) is 23.4. The first kappa shape index (κ1) is 10.8. The van der Waals surface area contributed by atoms with Crippen molar-refractivity contribution in [3.05, 3.63) is 36.8 Å². The van der Waals surface area contributed by atoms with Crippen molar-refractivity contribution < 1.29 is 14.8 Å². The van der Waals surface area contributed by atoms with Crippen LogP contribution in [-0.2, 0) is 0 Å². The maximum absolute atomic E-state index is 10.6. The van der Waals surface area contributed by atoms with Crippen LogP contribution in [0.1, 0.15) is 11.7 Å². The molecule has 0 aromatic heterocycles. The van der Waals surface area contributed by atoms with E-state index < -0.39 is 17.3 Å². The molecule has 2 rings (SSSR count). The van der Waals surface area contributed by atoms with Gasteiger partial charge in [-0.1, -0.05) is 15.9 Å². The average Bonchev–Trinajstić information content (AvgIpc) is 2.44. The Morgan fingerprint density at radius 2 is 2.13 bits per heavy atom. The summed E-state index contributed by atoms with van der Waals surface area (Å²) >= 11 is 6.45. The lowest BCUT2D eigenvalue weighted by molar-refractivity contribution is -0.572. The molecule has 1 aliphatic rings. The minimum Gasteiger partial charge on any atom is -0.426 e. The van der Waals surface area contributed by atoms with Crippen molar-refractivity contribution in [2.24, 2.45) is 0 Å². The van der Waals surface area contributed by atoms with Crippen molar-refractivity contribution in [3.8, 4) is 5.75 Å². The van der Waals surface area contributed by atoms with Crippen LogP contribution in [0, 0.1) is 10.1 Å². The highest BCUT2D eigenvalue weighted by molar-refractivity contribution is 9.11. The predicted molar refractivity (Wildman–Crippen MR) is 58.2 cm³/mol. The summed E-state index contributed by atoms with van der Waals surface area (Å²) in [5, 5.41) is 20.2. The third-order valence-corrected chi connectivity index (χ3v) is 3.12. The van der Waals surface area contributed by atoms with Gasteiger partial charge in [0.15, 0.2) is 6.10 Å². The minimum atomic E-state index is -1.43. The fraction of sp³-hybridized carbons (Fsp3) is 0.250. The molecule has 0 aliphatic carbocycles. The van der Waals surface area contributed by atoms with Crippen LogP contribution in [0.2, 0.25) is 0 Å². The Bertz CT molecular complexity index is 437. The topological polar surface area (TPSA) is 72.6 Å². The van der Waals surface area contributed by atoms with E-state index in [4.69, 9.17) is 4.74 Å². The highest BCUT2D eigenvalue weighted by atomic mass is 79.9. The fourth-order valence-electron chi connectivity index (χ4n) is 1.42. The monoisotopic (exact) mass is 337 g/mol. The van der Waals surface area contributed by atoms with Crippen molar-refractivity contribution in [1.29, 1.82) is 0 Å². The number of fused-ring (bicyclic) bond motifs is 1. The van der Waals surface area contributed by atoms with Crippen molar-refractivity contribution in [2.75, 3.05) is 0 Å². The number of nitrogens with zero attached hydrogens (tertiary/aromatic N) is 1. The smallest absolute Gasteiger partial charge is 0.384 e. The number of aliphatic hydroxyl groups is 1. The van der Waals surface area contributed by atoms with Crippen LogP contribution in [0.15, 0.2) is 21.1 Å². The highest BCUT2D eigenvalue weighted by Gasteiger charge is 2.42. The van der Waals surface area contributed by atoms with Crippen LogP contribution in [0.3, 0.4) is 0 Å². The number of halogens is 2. The second-order valence-electron chi connectivity index (χ2n) is 3.04. The van der Waals surface area contributed by atoms with Crippen LogP contribution in [-0.4, -0.2) is 16.3 Å². The van der Waals surface area contributed by atoms with Gasteiger partial charge in [0.1, 0.15) is 5.75 Å². The molecule has 0 saturated heterocycles. The number of rotatable bonds is 1. The Morgan fingerprint density at radius 1 is 1.47 bits per heavy atom. The Kier molecular flexibility index (Phi) is 2.70. The van der Waals surface area contributed by atoms with Crippen LogP contribution in [0.5, 0.6) is 5.75 Å². The second-order valence-corrected chi connectivity index (χ2v) is 4.81. The van der Waals surface area contributed by atoms with Crippen molar-refractivity contribution in [1.82, 2.24) is 0 Å². The lowest BCUT2D eigenvalue weighted by Gasteiger charge is -2.04. The van der Waals surface area contributed by atoms with Crippen LogP contribution >= 0.6 is 31.9 Å². The number of ether oxygens (including phenoxy) is 1. The molecule has 80 valence electrons. The van der Waals surface area contributed by atoms with Gasteiger partial charge in [0, 0.05) is 10.0 Å². The van der Waals surface area contributed by atoms with E-state index in [2.05, 4.69) is 31.9 Å². The molecule has 1 heterocycles. The molecule has 7 heteroatoms. The molecule has 1 aromatic carbocycles. The second kappa shape index (κ2) is 3.73. The molecule has 1 aromatic rings. The van der Waals surface area contributed by atoms with Gasteiger partial charge in [-0.2, -0.15) is 0 Å². The summed E-state index contributed by atoms with van der Waals surface area (Å²) in [7, 11) is 0. The molecule has 0 bridgehead atoms. The fourth-order valence-corrected chi connectivity index (χ4v) is 2.77. The molecule has 0 saturated carbocycles. The van der Waals surface area contributed by atoms with Crippen molar-refractivity contribution in [2.45, 2.75) is 12.3 Å². The summed E-state index contributed by atoms with van der Waals surface area (Å²) in [5.74, 6) is 0.326. The van der Waals surface area contributed by atoms with E-state index in [0.29, 0.717) is 15.8 Å². The predicted octanol–water partition coefficient (Wildman–Crippen LogP) is 2.24. The lowest BCUT2D eigenvalue weighted by Crippen LogP contribution is -2.27. The zero-order chi connectivity index (χ0) is 11.2. The van der Waals surface area contributed by atoms with E-state index in [0.717, 1.165) is 4.47 Å². The van der Waals surface area contributed by atoms with E-state index in [-0.39, 0.29) is 0 Å². The zero-order valence-corrected chi connectivity index (χ0v) is 10.4. The highest BCUT2D eigenvalue weighted by Crippen LogP contribution is 2.43. The molecule has 1 aliphatic heterocycles. The number of benzene rings is 1. The Labute approximate surface area is 101 Å². The molecule has 0 spiro atoms. The van der Waals surface area contributed by atoms with Crippen LogP contribution < -0.4 is 4.74 Å². The van der Waals surface area contributed by atoms with Crippen LogP contribution in [0.25, 0.3) is 0 Å². The first-order valence-corrected chi connectivity index (χ1v) is 5.56. The number of hydrogen-bond acceptors (Lipinski definition) is 4. The first-order valence-electron chi connectivity index (χ1n) is 3.98. The number of aliphatic hydroxyl groups excluding tert-OH is 1. The standard InChI is InChI=1S/C8H5Br2NO4/c9-3-1-4-6(12)8(11(13)14)15-7(4)5(10)2-3/h1-2,6,8,12H/t6-,8-/m1/s1. The zero-order valence-electron chi connectivity index (χ0n) is 7.18. The molecular formula is C8H5Br2NO4.